The van der Waals surface area contributed by atoms with Crippen molar-refractivity contribution in [1.82, 2.24) is 5.43 Å². The molecule has 0 saturated heterocycles. The number of carbonyl (C=O) groups excluding carboxylic acids is 2. The third-order valence-corrected chi connectivity index (χ3v) is 4.54. The molecule has 0 aliphatic rings. The Morgan fingerprint density at radius 1 is 0.903 bits per heavy atom. The lowest BCUT2D eigenvalue weighted by Crippen LogP contribution is -2.25. The van der Waals surface area contributed by atoms with Gasteiger partial charge in [0.1, 0.15) is 11.5 Å². The molecular weight excluding hydrogens is 392 g/mol. The number of para-hydroxylation sites is 1. The topological polar surface area (TPSA) is 77.0 Å². The van der Waals surface area contributed by atoms with E-state index in [1.54, 1.807) is 36.4 Å². The molecule has 0 radical (unpaired) electrons. The maximum atomic E-state index is 12.2. The number of ether oxygens (including phenoxy) is 2. The summed E-state index contributed by atoms with van der Waals surface area (Å²) in [5.74, 6) is 0.353. The highest BCUT2D eigenvalue weighted by Gasteiger charge is 2.08. The van der Waals surface area contributed by atoms with Crippen LogP contribution in [0.3, 0.4) is 0 Å². The monoisotopic (exact) mass is 416 g/mol. The fourth-order valence-corrected chi connectivity index (χ4v) is 2.85. The van der Waals surface area contributed by atoms with Crippen LogP contribution in [0.5, 0.6) is 11.5 Å². The highest BCUT2D eigenvalue weighted by molar-refractivity contribution is 5.91. The predicted octanol–water partition coefficient (Wildman–Crippen LogP) is 4.36. The predicted molar refractivity (Wildman–Crippen MR) is 120 cm³/mol. The van der Waals surface area contributed by atoms with E-state index < -0.39 is 5.97 Å². The molecule has 6 nitrogen and oxygen atoms in total. The van der Waals surface area contributed by atoms with Gasteiger partial charge in [-0.1, -0.05) is 35.9 Å². The molecule has 0 bridgehead atoms. The number of esters is 1. The van der Waals surface area contributed by atoms with Crippen molar-refractivity contribution in [2.45, 2.75) is 20.8 Å². The minimum atomic E-state index is -0.419. The highest BCUT2D eigenvalue weighted by Crippen LogP contribution is 2.22. The number of aryl methyl sites for hydroxylation is 3. The number of nitrogens with one attached hydrogen (secondary N) is 1. The van der Waals surface area contributed by atoms with Crippen molar-refractivity contribution >= 4 is 18.1 Å². The van der Waals surface area contributed by atoms with Crippen molar-refractivity contribution in [1.29, 1.82) is 0 Å². The Morgan fingerprint density at radius 3 is 2.19 bits per heavy atom. The molecule has 0 heterocycles. The summed E-state index contributed by atoms with van der Waals surface area (Å²) < 4.78 is 11.0. The van der Waals surface area contributed by atoms with Gasteiger partial charge in [0.15, 0.2) is 6.61 Å². The zero-order valence-electron chi connectivity index (χ0n) is 17.7. The van der Waals surface area contributed by atoms with E-state index in [0.29, 0.717) is 17.1 Å². The van der Waals surface area contributed by atoms with E-state index in [0.717, 1.165) is 22.3 Å². The molecule has 0 spiro atoms. The summed E-state index contributed by atoms with van der Waals surface area (Å²) >= 11 is 0. The minimum Gasteiger partial charge on any atom is -0.483 e. The van der Waals surface area contributed by atoms with Crippen molar-refractivity contribution in [3.63, 3.8) is 0 Å². The van der Waals surface area contributed by atoms with Crippen LogP contribution in [0.1, 0.15) is 32.6 Å². The van der Waals surface area contributed by atoms with Crippen LogP contribution in [0, 0.1) is 20.8 Å². The molecule has 0 saturated carbocycles. The second-order valence-corrected chi connectivity index (χ2v) is 7.13. The van der Waals surface area contributed by atoms with E-state index in [4.69, 9.17) is 9.47 Å². The lowest BCUT2D eigenvalue weighted by Gasteiger charge is -2.10. The van der Waals surface area contributed by atoms with Crippen molar-refractivity contribution < 1.29 is 19.1 Å². The number of hydrogen-bond acceptors (Lipinski definition) is 5. The van der Waals surface area contributed by atoms with Gasteiger partial charge in [0, 0.05) is 0 Å². The van der Waals surface area contributed by atoms with Crippen LogP contribution in [0.15, 0.2) is 71.8 Å². The second kappa shape index (κ2) is 10.2. The molecule has 1 amide bonds. The molecule has 1 N–H and O–H groups in total. The largest absolute Gasteiger partial charge is 0.483 e. The van der Waals surface area contributed by atoms with E-state index in [2.05, 4.69) is 10.5 Å². The maximum absolute atomic E-state index is 12.2. The maximum Gasteiger partial charge on any atom is 0.343 e. The summed E-state index contributed by atoms with van der Waals surface area (Å²) in [6, 6.07) is 19.8. The lowest BCUT2D eigenvalue weighted by molar-refractivity contribution is -0.123. The molecule has 0 fully saturated rings. The average molecular weight is 416 g/mol. The summed E-state index contributed by atoms with van der Waals surface area (Å²) in [5.41, 5.74) is 6.68. The zero-order valence-corrected chi connectivity index (χ0v) is 17.7. The van der Waals surface area contributed by atoms with Gasteiger partial charge < -0.3 is 9.47 Å². The Kier molecular flexibility index (Phi) is 7.17. The SMILES string of the molecule is Cc1ccc(C(=O)Oc2ccc(/C=N\NC(=O)COc3c(C)cccc3C)cc2)cc1. The van der Waals surface area contributed by atoms with Crippen LogP contribution in [0.2, 0.25) is 0 Å². The summed E-state index contributed by atoms with van der Waals surface area (Å²) in [4.78, 5) is 24.1. The number of amides is 1. The Hall–Kier alpha value is -3.93. The first-order valence-corrected chi connectivity index (χ1v) is 9.82. The molecule has 31 heavy (non-hydrogen) atoms. The van der Waals surface area contributed by atoms with Crippen molar-refractivity contribution in [3.05, 3.63) is 94.5 Å². The first-order chi connectivity index (χ1) is 14.9. The Bertz CT molecular complexity index is 1070. The summed E-state index contributed by atoms with van der Waals surface area (Å²) in [5, 5.41) is 3.93. The lowest BCUT2D eigenvalue weighted by atomic mass is 10.1. The van der Waals surface area contributed by atoms with E-state index in [9.17, 15) is 9.59 Å². The number of hydrazone groups is 1. The van der Waals surface area contributed by atoms with Gasteiger partial charge in [-0.2, -0.15) is 5.10 Å². The third-order valence-electron chi connectivity index (χ3n) is 4.54. The molecule has 0 unspecified atom stereocenters. The molecule has 0 atom stereocenters. The number of nitrogens with zero attached hydrogens (tertiary/aromatic N) is 1. The van der Waals surface area contributed by atoms with Crippen LogP contribution >= 0.6 is 0 Å². The van der Waals surface area contributed by atoms with Gasteiger partial charge in [-0.3, -0.25) is 4.79 Å². The smallest absolute Gasteiger partial charge is 0.343 e. The van der Waals surface area contributed by atoms with Gasteiger partial charge in [-0.25, -0.2) is 10.2 Å². The van der Waals surface area contributed by atoms with E-state index in [1.165, 1.54) is 6.21 Å². The van der Waals surface area contributed by atoms with E-state index >= 15 is 0 Å². The highest BCUT2D eigenvalue weighted by atomic mass is 16.5. The van der Waals surface area contributed by atoms with E-state index in [-0.39, 0.29) is 12.5 Å². The molecule has 3 rings (SSSR count). The first kappa shape index (κ1) is 21.8. The van der Waals surface area contributed by atoms with Gasteiger partial charge in [-0.15, -0.1) is 0 Å². The number of carbonyl (C=O) groups is 2. The first-order valence-electron chi connectivity index (χ1n) is 9.82. The minimum absolute atomic E-state index is 0.128. The standard InChI is InChI=1S/C25H24N2O4/c1-17-7-11-21(12-8-17)25(29)31-22-13-9-20(10-14-22)15-26-27-23(28)16-30-24-18(2)5-4-6-19(24)3/h4-15H,16H2,1-3H3,(H,27,28)/b26-15-. The summed E-state index contributed by atoms with van der Waals surface area (Å²) in [6.45, 7) is 5.69. The molecule has 158 valence electrons. The normalized spacial score (nSPS) is 10.7. The van der Waals surface area contributed by atoms with Gasteiger partial charge in [0.05, 0.1) is 11.8 Å². The molecule has 0 aliphatic heterocycles. The van der Waals surface area contributed by atoms with Gasteiger partial charge >= 0.3 is 5.97 Å². The molecule has 3 aromatic rings. The second-order valence-electron chi connectivity index (χ2n) is 7.13. The molecule has 3 aromatic carbocycles. The van der Waals surface area contributed by atoms with Crippen LogP contribution in [-0.2, 0) is 4.79 Å². The van der Waals surface area contributed by atoms with E-state index in [1.807, 2.05) is 51.1 Å². The Morgan fingerprint density at radius 2 is 1.55 bits per heavy atom. The Balaban J connectivity index is 1.48. The van der Waals surface area contributed by atoms with Crippen LogP contribution in [-0.4, -0.2) is 24.7 Å². The molecule has 0 aromatic heterocycles. The Labute approximate surface area is 181 Å². The van der Waals surface area contributed by atoms with Crippen LogP contribution in [0.4, 0.5) is 0 Å². The van der Waals surface area contributed by atoms with Crippen molar-refractivity contribution in [3.8, 4) is 11.5 Å². The zero-order chi connectivity index (χ0) is 22.2. The van der Waals surface area contributed by atoms with Crippen LogP contribution in [0.25, 0.3) is 0 Å². The molecule has 6 heteroatoms. The quantitative estimate of drug-likeness (QED) is 0.269. The van der Waals surface area contributed by atoms with Gasteiger partial charge in [0.2, 0.25) is 0 Å². The van der Waals surface area contributed by atoms with Crippen molar-refractivity contribution in [2.24, 2.45) is 5.10 Å². The fraction of sp³-hybridized carbons (Fsp3) is 0.160. The average Bonchev–Trinajstić information content (AvgIpc) is 2.75. The van der Waals surface area contributed by atoms with Gasteiger partial charge in [-0.05, 0) is 73.9 Å². The number of hydrogen-bond donors (Lipinski definition) is 1. The van der Waals surface area contributed by atoms with Gasteiger partial charge in [0.25, 0.3) is 5.91 Å². The summed E-state index contributed by atoms with van der Waals surface area (Å²) in [7, 11) is 0. The molecular formula is C25H24N2O4. The molecule has 0 aliphatic carbocycles. The van der Waals surface area contributed by atoms with Crippen molar-refractivity contribution in [2.75, 3.05) is 6.61 Å². The number of benzene rings is 3. The number of rotatable bonds is 7. The fourth-order valence-electron chi connectivity index (χ4n) is 2.85. The summed E-state index contributed by atoms with van der Waals surface area (Å²) in [6.07, 6.45) is 1.50. The third kappa shape index (κ3) is 6.27. The van der Waals surface area contributed by atoms with Crippen LogP contribution < -0.4 is 14.9 Å².